The zero-order valence-electron chi connectivity index (χ0n) is 8.98. The molecule has 0 aliphatic heterocycles. The standard InChI is InChI=1S/C13H16O2/c1-3-9-15-13(14)11(2)10-12-7-5-4-6-8-12/h3-8,11H,1,9-10H2,2H3. The molecule has 15 heavy (non-hydrogen) atoms. The molecule has 80 valence electrons. The average molecular weight is 204 g/mol. The molecule has 0 radical (unpaired) electrons. The highest BCUT2D eigenvalue weighted by Crippen LogP contribution is 2.09. The molecule has 0 amide bonds. The maximum atomic E-state index is 11.4. The predicted octanol–water partition coefficient (Wildman–Crippen LogP) is 2.59. The van der Waals surface area contributed by atoms with Crippen LogP contribution in [0.5, 0.6) is 0 Å². The first-order valence-corrected chi connectivity index (χ1v) is 5.05. The van der Waals surface area contributed by atoms with Gasteiger partial charge in [-0.05, 0) is 12.0 Å². The van der Waals surface area contributed by atoms with Crippen LogP contribution in [0.25, 0.3) is 0 Å². The van der Waals surface area contributed by atoms with Crippen molar-refractivity contribution in [3.05, 3.63) is 48.6 Å². The summed E-state index contributed by atoms with van der Waals surface area (Å²) in [7, 11) is 0. The van der Waals surface area contributed by atoms with Gasteiger partial charge in [0.25, 0.3) is 0 Å². The number of hydrogen-bond acceptors (Lipinski definition) is 2. The molecule has 1 unspecified atom stereocenters. The SMILES string of the molecule is C=CCOC(=O)C(C)Cc1ccccc1. The van der Waals surface area contributed by atoms with Gasteiger partial charge in [0.2, 0.25) is 0 Å². The summed E-state index contributed by atoms with van der Waals surface area (Å²) in [5.41, 5.74) is 1.15. The third kappa shape index (κ3) is 3.98. The highest BCUT2D eigenvalue weighted by molar-refractivity contribution is 5.72. The first-order chi connectivity index (χ1) is 7.24. The first kappa shape index (κ1) is 11.5. The molecule has 0 N–H and O–H groups in total. The van der Waals surface area contributed by atoms with Crippen LogP contribution in [0.4, 0.5) is 0 Å². The van der Waals surface area contributed by atoms with E-state index >= 15 is 0 Å². The van der Waals surface area contributed by atoms with Crippen LogP contribution in [0.3, 0.4) is 0 Å². The highest BCUT2D eigenvalue weighted by Gasteiger charge is 2.13. The van der Waals surface area contributed by atoms with Gasteiger partial charge in [0.15, 0.2) is 0 Å². The van der Waals surface area contributed by atoms with Gasteiger partial charge in [-0.3, -0.25) is 4.79 Å². The van der Waals surface area contributed by atoms with Gasteiger partial charge in [0.1, 0.15) is 6.61 Å². The van der Waals surface area contributed by atoms with E-state index in [0.29, 0.717) is 0 Å². The van der Waals surface area contributed by atoms with E-state index < -0.39 is 0 Å². The lowest BCUT2D eigenvalue weighted by molar-refractivity contribution is -0.146. The highest BCUT2D eigenvalue weighted by atomic mass is 16.5. The summed E-state index contributed by atoms with van der Waals surface area (Å²) >= 11 is 0. The van der Waals surface area contributed by atoms with Crippen LogP contribution in [0.1, 0.15) is 12.5 Å². The van der Waals surface area contributed by atoms with Gasteiger partial charge >= 0.3 is 5.97 Å². The maximum Gasteiger partial charge on any atom is 0.309 e. The van der Waals surface area contributed by atoms with Gasteiger partial charge in [-0.15, -0.1) is 0 Å². The molecule has 1 aromatic carbocycles. The van der Waals surface area contributed by atoms with Crippen molar-refractivity contribution in [2.75, 3.05) is 6.61 Å². The summed E-state index contributed by atoms with van der Waals surface area (Å²) in [6, 6.07) is 9.92. The number of rotatable bonds is 5. The van der Waals surface area contributed by atoms with Crippen LogP contribution in [-0.4, -0.2) is 12.6 Å². The van der Waals surface area contributed by atoms with Crippen LogP contribution in [0, 0.1) is 5.92 Å². The molecule has 1 rings (SSSR count). The molecular formula is C13H16O2. The van der Waals surface area contributed by atoms with Crippen LogP contribution in [-0.2, 0) is 16.0 Å². The van der Waals surface area contributed by atoms with Gasteiger partial charge < -0.3 is 4.74 Å². The van der Waals surface area contributed by atoms with Crippen LogP contribution in [0.15, 0.2) is 43.0 Å². The van der Waals surface area contributed by atoms with Gasteiger partial charge in [-0.2, -0.15) is 0 Å². The van der Waals surface area contributed by atoms with Crippen molar-refractivity contribution in [3.8, 4) is 0 Å². The third-order valence-electron chi connectivity index (χ3n) is 2.13. The molecule has 0 bridgehead atoms. The fourth-order valence-electron chi connectivity index (χ4n) is 1.33. The Labute approximate surface area is 90.6 Å². The molecule has 1 aromatic rings. The Morgan fingerprint density at radius 2 is 2.13 bits per heavy atom. The maximum absolute atomic E-state index is 11.4. The smallest absolute Gasteiger partial charge is 0.309 e. The van der Waals surface area contributed by atoms with Crippen molar-refractivity contribution in [1.82, 2.24) is 0 Å². The van der Waals surface area contributed by atoms with E-state index in [1.165, 1.54) is 0 Å². The van der Waals surface area contributed by atoms with Crippen molar-refractivity contribution in [3.63, 3.8) is 0 Å². The van der Waals surface area contributed by atoms with Gasteiger partial charge in [0.05, 0.1) is 5.92 Å². The first-order valence-electron chi connectivity index (χ1n) is 5.05. The molecule has 2 heteroatoms. The molecule has 0 aliphatic rings. The molecule has 2 nitrogen and oxygen atoms in total. The fraction of sp³-hybridized carbons (Fsp3) is 0.308. The number of benzene rings is 1. The summed E-state index contributed by atoms with van der Waals surface area (Å²) in [4.78, 5) is 11.4. The number of esters is 1. The van der Waals surface area contributed by atoms with Crippen molar-refractivity contribution >= 4 is 5.97 Å². The molecule has 0 heterocycles. The summed E-state index contributed by atoms with van der Waals surface area (Å²) in [6.45, 7) is 5.66. The van der Waals surface area contributed by atoms with E-state index in [4.69, 9.17) is 4.74 Å². The Morgan fingerprint density at radius 1 is 1.47 bits per heavy atom. The molecule has 0 spiro atoms. The number of hydrogen-bond donors (Lipinski definition) is 0. The van der Waals surface area contributed by atoms with Crippen molar-refractivity contribution < 1.29 is 9.53 Å². The van der Waals surface area contributed by atoms with Crippen LogP contribution >= 0.6 is 0 Å². The number of carbonyl (C=O) groups is 1. The average Bonchev–Trinajstić information content (AvgIpc) is 2.27. The lowest BCUT2D eigenvalue weighted by Crippen LogP contribution is -2.17. The molecule has 1 atom stereocenters. The van der Waals surface area contributed by atoms with E-state index in [1.54, 1.807) is 6.08 Å². The Bertz CT molecular complexity index is 317. The van der Waals surface area contributed by atoms with Gasteiger partial charge in [0, 0.05) is 0 Å². The summed E-state index contributed by atoms with van der Waals surface area (Å²) in [5.74, 6) is -0.272. The van der Waals surface area contributed by atoms with E-state index in [0.717, 1.165) is 12.0 Å². The number of carbonyl (C=O) groups excluding carboxylic acids is 1. The Morgan fingerprint density at radius 3 is 2.73 bits per heavy atom. The van der Waals surface area contributed by atoms with Crippen molar-refractivity contribution in [2.24, 2.45) is 5.92 Å². The summed E-state index contributed by atoms with van der Waals surface area (Å²) in [5, 5.41) is 0. The second-order valence-corrected chi connectivity index (χ2v) is 3.51. The Hall–Kier alpha value is -1.57. The minimum atomic E-state index is -0.168. The summed E-state index contributed by atoms with van der Waals surface area (Å²) in [6.07, 6.45) is 2.30. The van der Waals surface area contributed by atoms with E-state index in [1.807, 2.05) is 37.3 Å². The second-order valence-electron chi connectivity index (χ2n) is 3.51. The molecule has 0 fully saturated rings. The van der Waals surface area contributed by atoms with E-state index in [9.17, 15) is 4.79 Å². The molecule has 0 saturated carbocycles. The van der Waals surface area contributed by atoms with Gasteiger partial charge in [-0.1, -0.05) is 49.9 Å². The van der Waals surface area contributed by atoms with Crippen molar-refractivity contribution in [2.45, 2.75) is 13.3 Å². The molecule has 0 aromatic heterocycles. The second kappa shape index (κ2) is 6.02. The zero-order chi connectivity index (χ0) is 11.1. The lowest BCUT2D eigenvalue weighted by atomic mass is 10.0. The van der Waals surface area contributed by atoms with Crippen LogP contribution < -0.4 is 0 Å². The Balaban J connectivity index is 2.45. The molecule has 0 saturated heterocycles. The Kier molecular flexibility index (Phi) is 4.61. The lowest BCUT2D eigenvalue weighted by Gasteiger charge is -2.10. The molecule has 0 aliphatic carbocycles. The number of ether oxygens (including phenoxy) is 1. The van der Waals surface area contributed by atoms with E-state index in [2.05, 4.69) is 6.58 Å². The normalized spacial score (nSPS) is 11.8. The molecular weight excluding hydrogens is 188 g/mol. The third-order valence-corrected chi connectivity index (χ3v) is 2.13. The fourth-order valence-corrected chi connectivity index (χ4v) is 1.33. The largest absolute Gasteiger partial charge is 0.461 e. The van der Waals surface area contributed by atoms with Crippen LogP contribution in [0.2, 0.25) is 0 Å². The zero-order valence-corrected chi connectivity index (χ0v) is 8.98. The minimum Gasteiger partial charge on any atom is -0.461 e. The summed E-state index contributed by atoms with van der Waals surface area (Å²) < 4.78 is 4.97. The van der Waals surface area contributed by atoms with Crippen molar-refractivity contribution in [1.29, 1.82) is 0 Å². The topological polar surface area (TPSA) is 26.3 Å². The predicted molar refractivity (Wildman–Crippen MR) is 60.5 cm³/mol. The minimum absolute atomic E-state index is 0.104. The van der Waals surface area contributed by atoms with E-state index in [-0.39, 0.29) is 18.5 Å². The van der Waals surface area contributed by atoms with Gasteiger partial charge in [-0.25, -0.2) is 0 Å². The monoisotopic (exact) mass is 204 g/mol. The quantitative estimate of drug-likeness (QED) is 0.544.